The molecule has 14 heavy (non-hydrogen) atoms. The van der Waals surface area contributed by atoms with Gasteiger partial charge in [0, 0.05) is 12.1 Å². The fourth-order valence-corrected chi connectivity index (χ4v) is 1.39. The van der Waals surface area contributed by atoms with Gasteiger partial charge in [-0.25, -0.2) is 0 Å². The molecule has 0 heterocycles. The topological polar surface area (TPSA) is 41.1 Å². The molecule has 84 valence electrons. The monoisotopic (exact) mass is 200 g/mol. The van der Waals surface area contributed by atoms with E-state index in [0.29, 0.717) is 12.1 Å². The van der Waals surface area contributed by atoms with Crippen molar-refractivity contribution < 1.29 is 4.79 Å². The molecule has 1 amide bonds. The molecule has 0 aromatic rings. The van der Waals surface area contributed by atoms with Crippen molar-refractivity contribution in [2.24, 2.45) is 0 Å². The van der Waals surface area contributed by atoms with Crippen LogP contribution in [0.5, 0.6) is 0 Å². The predicted octanol–water partition coefficient (Wildman–Crippen LogP) is 1.68. The molecule has 0 fully saturated rings. The molecule has 0 rings (SSSR count). The van der Waals surface area contributed by atoms with Crippen LogP contribution in [0.1, 0.15) is 47.5 Å². The molecule has 1 unspecified atom stereocenters. The molecule has 0 aromatic carbocycles. The zero-order chi connectivity index (χ0) is 11.1. The van der Waals surface area contributed by atoms with Crippen molar-refractivity contribution in [1.29, 1.82) is 0 Å². The van der Waals surface area contributed by atoms with Crippen molar-refractivity contribution in [1.82, 2.24) is 10.6 Å². The highest BCUT2D eigenvalue weighted by Gasteiger charge is 2.15. The van der Waals surface area contributed by atoms with Crippen molar-refractivity contribution in [3.05, 3.63) is 0 Å². The van der Waals surface area contributed by atoms with Gasteiger partial charge in [-0.15, -0.1) is 0 Å². The fourth-order valence-electron chi connectivity index (χ4n) is 1.39. The molecule has 0 spiro atoms. The molecule has 0 aliphatic rings. The van der Waals surface area contributed by atoms with Gasteiger partial charge in [-0.05, 0) is 19.8 Å². The van der Waals surface area contributed by atoms with E-state index in [0.717, 1.165) is 12.8 Å². The van der Waals surface area contributed by atoms with Gasteiger partial charge < -0.3 is 10.6 Å². The van der Waals surface area contributed by atoms with Gasteiger partial charge in [0.25, 0.3) is 0 Å². The zero-order valence-electron chi connectivity index (χ0n) is 10.1. The van der Waals surface area contributed by atoms with Gasteiger partial charge in [0.1, 0.15) is 0 Å². The number of hydrogen-bond acceptors (Lipinski definition) is 2. The fraction of sp³-hybridized carbons (Fsp3) is 0.909. The third-order valence-corrected chi connectivity index (χ3v) is 2.31. The van der Waals surface area contributed by atoms with Gasteiger partial charge in [-0.2, -0.15) is 0 Å². The van der Waals surface area contributed by atoms with Gasteiger partial charge in [-0.1, -0.05) is 27.7 Å². The van der Waals surface area contributed by atoms with Crippen LogP contribution in [0.25, 0.3) is 0 Å². The largest absolute Gasteiger partial charge is 0.352 e. The lowest BCUT2D eigenvalue weighted by molar-refractivity contribution is -0.123. The number of carbonyl (C=O) groups excluding carboxylic acids is 1. The maximum absolute atomic E-state index is 11.6. The van der Waals surface area contributed by atoms with Gasteiger partial charge in [0.2, 0.25) is 5.91 Å². The predicted molar refractivity (Wildman–Crippen MR) is 60.2 cm³/mol. The molecule has 1 atom stereocenters. The van der Waals surface area contributed by atoms with Crippen LogP contribution >= 0.6 is 0 Å². The molecule has 0 bridgehead atoms. The Morgan fingerprint density at radius 2 is 1.64 bits per heavy atom. The van der Waals surface area contributed by atoms with E-state index in [4.69, 9.17) is 0 Å². The van der Waals surface area contributed by atoms with E-state index in [1.165, 1.54) is 0 Å². The number of carbonyl (C=O) groups is 1. The summed E-state index contributed by atoms with van der Waals surface area (Å²) in [4.78, 5) is 11.6. The summed E-state index contributed by atoms with van der Waals surface area (Å²) in [7, 11) is 0. The molecule has 0 saturated carbocycles. The quantitative estimate of drug-likeness (QED) is 0.685. The van der Waals surface area contributed by atoms with E-state index in [1.807, 2.05) is 20.8 Å². The third-order valence-electron chi connectivity index (χ3n) is 2.31. The van der Waals surface area contributed by atoms with E-state index >= 15 is 0 Å². The zero-order valence-corrected chi connectivity index (χ0v) is 10.1. The highest BCUT2D eigenvalue weighted by molar-refractivity contribution is 5.81. The summed E-state index contributed by atoms with van der Waals surface area (Å²) in [5.74, 6) is 0.104. The number of amides is 1. The van der Waals surface area contributed by atoms with Gasteiger partial charge >= 0.3 is 0 Å². The Labute approximate surface area is 87.6 Å². The molecule has 0 aliphatic carbocycles. The van der Waals surface area contributed by atoms with Crippen LogP contribution in [0.15, 0.2) is 0 Å². The second kappa shape index (κ2) is 6.82. The average molecular weight is 200 g/mol. The minimum Gasteiger partial charge on any atom is -0.352 e. The van der Waals surface area contributed by atoms with E-state index in [1.54, 1.807) is 0 Å². The first-order valence-corrected chi connectivity index (χ1v) is 5.57. The lowest BCUT2D eigenvalue weighted by Gasteiger charge is -2.20. The molecule has 3 heteroatoms. The normalized spacial score (nSPS) is 13.4. The van der Waals surface area contributed by atoms with Crippen LogP contribution in [-0.4, -0.2) is 24.0 Å². The van der Waals surface area contributed by atoms with Crippen molar-refractivity contribution in [3.63, 3.8) is 0 Å². The standard InChI is InChI=1S/C11H24N2O/c1-6-10(7-2)13-11(14)9(5)12-8(3)4/h8-10,12H,6-7H2,1-5H3,(H,13,14). The van der Waals surface area contributed by atoms with Crippen molar-refractivity contribution >= 4 is 5.91 Å². The maximum atomic E-state index is 11.6. The summed E-state index contributed by atoms with van der Waals surface area (Å²) in [6.07, 6.45) is 1.99. The Morgan fingerprint density at radius 3 is 2.00 bits per heavy atom. The van der Waals surface area contributed by atoms with Crippen LogP contribution in [0, 0.1) is 0 Å². The van der Waals surface area contributed by atoms with Gasteiger partial charge in [0.05, 0.1) is 6.04 Å². The van der Waals surface area contributed by atoms with Gasteiger partial charge in [0.15, 0.2) is 0 Å². The minimum absolute atomic E-state index is 0.101. The summed E-state index contributed by atoms with van der Waals surface area (Å²) >= 11 is 0. The summed E-state index contributed by atoms with van der Waals surface area (Å²) in [5.41, 5.74) is 0. The average Bonchev–Trinajstić information content (AvgIpc) is 2.12. The van der Waals surface area contributed by atoms with E-state index < -0.39 is 0 Å². The van der Waals surface area contributed by atoms with E-state index in [2.05, 4.69) is 24.5 Å². The molecular formula is C11H24N2O. The molecule has 2 N–H and O–H groups in total. The van der Waals surface area contributed by atoms with Crippen molar-refractivity contribution in [2.75, 3.05) is 0 Å². The van der Waals surface area contributed by atoms with Crippen LogP contribution in [0.4, 0.5) is 0 Å². The first-order valence-electron chi connectivity index (χ1n) is 5.57. The maximum Gasteiger partial charge on any atom is 0.237 e. The Morgan fingerprint density at radius 1 is 1.14 bits per heavy atom. The molecule has 0 radical (unpaired) electrons. The van der Waals surface area contributed by atoms with Crippen LogP contribution < -0.4 is 10.6 Å². The first kappa shape index (κ1) is 13.4. The highest BCUT2D eigenvalue weighted by Crippen LogP contribution is 1.97. The second-order valence-corrected chi connectivity index (χ2v) is 4.07. The van der Waals surface area contributed by atoms with E-state index in [-0.39, 0.29) is 11.9 Å². The Hall–Kier alpha value is -0.570. The lowest BCUT2D eigenvalue weighted by atomic mass is 10.1. The highest BCUT2D eigenvalue weighted by atomic mass is 16.2. The number of hydrogen-bond donors (Lipinski definition) is 2. The van der Waals surface area contributed by atoms with Crippen molar-refractivity contribution in [2.45, 2.75) is 65.6 Å². The number of rotatable bonds is 6. The van der Waals surface area contributed by atoms with Gasteiger partial charge in [-0.3, -0.25) is 4.79 Å². The molecule has 0 saturated heterocycles. The molecule has 0 aliphatic heterocycles. The summed E-state index contributed by atoms with van der Waals surface area (Å²) in [6.45, 7) is 10.2. The minimum atomic E-state index is -0.101. The van der Waals surface area contributed by atoms with Crippen molar-refractivity contribution in [3.8, 4) is 0 Å². The Balaban J connectivity index is 3.93. The Bertz CT molecular complexity index is 165. The van der Waals surface area contributed by atoms with E-state index in [9.17, 15) is 4.79 Å². The molecule has 3 nitrogen and oxygen atoms in total. The first-order chi connectivity index (χ1) is 6.51. The van der Waals surface area contributed by atoms with Crippen LogP contribution in [-0.2, 0) is 4.79 Å². The van der Waals surface area contributed by atoms with Crippen LogP contribution in [0.3, 0.4) is 0 Å². The summed E-state index contributed by atoms with van der Waals surface area (Å²) in [5, 5.41) is 6.20. The Kier molecular flexibility index (Phi) is 6.54. The second-order valence-electron chi connectivity index (χ2n) is 4.07. The SMILES string of the molecule is CCC(CC)NC(=O)C(C)NC(C)C. The number of nitrogens with one attached hydrogen (secondary N) is 2. The summed E-state index contributed by atoms with van der Waals surface area (Å²) < 4.78 is 0. The third kappa shape index (κ3) is 5.22. The molecular weight excluding hydrogens is 176 g/mol. The lowest BCUT2D eigenvalue weighted by Crippen LogP contribution is -2.47. The molecule has 0 aromatic heterocycles. The van der Waals surface area contributed by atoms with Crippen LogP contribution in [0.2, 0.25) is 0 Å². The summed E-state index contributed by atoms with van der Waals surface area (Å²) in [6, 6.07) is 0.562. The smallest absolute Gasteiger partial charge is 0.237 e.